The normalized spacial score (nSPS) is 21.6. The SMILES string of the molecule is CC(=O)[C@@H]1SCCN1C(=O)OC(C)(C)C. The molecule has 1 rings (SSSR count). The number of thioether (sulfide) groups is 1. The van der Waals surface area contributed by atoms with Gasteiger partial charge < -0.3 is 4.74 Å². The van der Waals surface area contributed by atoms with Gasteiger partial charge in [0.05, 0.1) is 0 Å². The number of nitrogens with zero attached hydrogens (tertiary/aromatic N) is 1. The maximum atomic E-state index is 11.7. The van der Waals surface area contributed by atoms with E-state index in [-0.39, 0.29) is 11.2 Å². The van der Waals surface area contributed by atoms with Gasteiger partial charge in [0.2, 0.25) is 0 Å². The molecule has 0 aromatic heterocycles. The zero-order chi connectivity index (χ0) is 11.6. The van der Waals surface area contributed by atoms with Gasteiger partial charge in [-0.15, -0.1) is 11.8 Å². The largest absolute Gasteiger partial charge is 0.444 e. The van der Waals surface area contributed by atoms with Crippen molar-refractivity contribution in [3.63, 3.8) is 0 Å². The highest BCUT2D eigenvalue weighted by molar-refractivity contribution is 8.00. The standard InChI is InChI=1S/C10H17NO3S/c1-7(12)8-11(5-6-15-8)9(13)14-10(2,3)4/h8H,5-6H2,1-4H3/t8-/m0/s1. The summed E-state index contributed by atoms with van der Waals surface area (Å²) < 4.78 is 5.22. The number of hydrogen-bond donors (Lipinski definition) is 0. The van der Waals surface area contributed by atoms with E-state index in [1.54, 1.807) is 0 Å². The monoisotopic (exact) mass is 231 g/mol. The van der Waals surface area contributed by atoms with Crippen LogP contribution in [0.2, 0.25) is 0 Å². The van der Waals surface area contributed by atoms with Gasteiger partial charge in [0.1, 0.15) is 11.0 Å². The molecule has 0 aliphatic carbocycles. The maximum absolute atomic E-state index is 11.7. The molecule has 0 saturated carbocycles. The second kappa shape index (κ2) is 4.43. The quantitative estimate of drug-likeness (QED) is 0.691. The summed E-state index contributed by atoms with van der Waals surface area (Å²) in [7, 11) is 0. The van der Waals surface area contributed by atoms with Crippen molar-refractivity contribution in [1.82, 2.24) is 4.90 Å². The summed E-state index contributed by atoms with van der Waals surface area (Å²) >= 11 is 1.49. The van der Waals surface area contributed by atoms with Gasteiger partial charge in [-0.3, -0.25) is 9.69 Å². The summed E-state index contributed by atoms with van der Waals surface area (Å²) in [6.07, 6.45) is -0.396. The van der Waals surface area contributed by atoms with E-state index in [1.165, 1.54) is 23.6 Å². The number of hydrogen-bond acceptors (Lipinski definition) is 4. The van der Waals surface area contributed by atoms with Gasteiger partial charge in [0.15, 0.2) is 5.78 Å². The Labute approximate surface area is 94.3 Å². The van der Waals surface area contributed by atoms with E-state index in [4.69, 9.17) is 4.74 Å². The number of amides is 1. The Balaban J connectivity index is 2.63. The molecule has 1 aliphatic rings. The van der Waals surface area contributed by atoms with Gasteiger partial charge in [-0.05, 0) is 27.7 Å². The highest BCUT2D eigenvalue weighted by atomic mass is 32.2. The smallest absolute Gasteiger partial charge is 0.411 e. The van der Waals surface area contributed by atoms with E-state index < -0.39 is 11.7 Å². The molecule has 0 unspecified atom stereocenters. The summed E-state index contributed by atoms with van der Waals surface area (Å²) in [5.74, 6) is 0.798. The molecule has 0 aromatic rings. The van der Waals surface area contributed by atoms with Crippen LogP contribution in [0.25, 0.3) is 0 Å². The third kappa shape index (κ3) is 3.41. The first kappa shape index (κ1) is 12.4. The van der Waals surface area contributed by atoms with Crippen LogP contribution in [-0.2, 0) is 9.53 Å². The molecule has 4 nitrogen and oxygen atoms in total. The number of carbonyl (C=O) groups is 2. The summed E-state index contributed by atoms with van der Waals surface area (Å²) in [5.41, 5.74) is -0.508. The van der Waals surface area contributed by atoms with Gasteiger partial charge in [0, 0.05) is 12.3 Å². The Morgan fingerprint density at radius 1 is 1.40 bits per heavy atom. The number of rotatable bonds is 1. The molecule has 0 radical (unpaired) electrons. The third-order valence-corrected chi connectivity index (χ3v) is 3.19. The predicted octanol–water partition coefficient (Wildman–Crippen LogP) is 1.89. The first-order chi connectivity index (χ1) is 6.81. The Kier molecular flexibility index (Phi) is 3.65. The van der Waals surface area contributed by atoms with E-state index in [0.29, 0.717) is 6.54 Å². The van der Waals surface area contributed by atoms with Crippen molar-refractivity contribution in [2.75, 3.05) is 12.3 Å². The fourth-order valence-corrected chi connectivity index (χ4v) is 2.45. The average molecular weight is 231 g/mol. The van der Waals surface area contributed by atoms with Crippen molar-refractivity contribution >= 4 is 23.6 Å². The zero-order valence-corrected chi connectivity index (χ0v) is 10.4. The Hall–Kier alpha value is -0.710. The van der Waals surface area contributed by atoms with Crippen LogP contribution in [0, 0.1) is 0 Å². The lowest BCUT2D eigenvalue weighted by Crippen LogP contribution is -2.41. The summed E-state index contributed by atoms with van der Waals surface area (Å²) in [5, 5.41) is -0.361. The number of ether oxygens (including phenoxy) is 1. The van der Waals surface area contributed by atoms with Gasteiger partial charge in [-0.25, -0.2) is 4.79 Å². The van der Waals surface area contributed by atoms with Crippen LogP contribution >= 0.6 is 11.8 Å². The van der Waals surface area contributed by atoms with E-state index >= 15 is 0 Å². The summed E-state index contributed by atoms with van der Waals surface area (Å²) in [6, 6.07) is 0. The lowest BCUT2D eigenvalue weighted by Gasteiger charge is -2.26. The van der Waals surface area contributed by atoms with Crippen LogP contribution < -0.4 is 0 Å². The zero-order valence-electron chi connectivity index (χ0n) is 9.57. The van der Waals surface area contributed by atoms with E-state index in [2.05, 4.69) is 0 Å². The molecule has 15 heavy (non-hydrogen) atoms. The average Bonchev–Trinajstić information content (AvgIpc) is 2.47. The van der Waals surface area contributed by atoms with Crippen molar-refractivity contribution in [3.05, 3.63) is 0 Å². The van der Waals surface area contributed by atoms with E-state index in [9.17, 15) is 9.59 Å². The fraction of sp³-hybridized carbons (Fsp3) is 0.800. The van der Waals surface area contributed by atoms with Gasteiger partial charge in [0.25, 0.3) is 0 Å². The highest BCUT2D eigenvalue weighted by Crippen LogP contribution is 2.26. The second-order valence-electron chi connectivity index (χ2n) is 4.51. The fourth-order valence-electron chi connectivity index (χ4n) is 1.31. The lowest BCUT2D eigenvalue weighted by atomic mass is 10.2. The number of Topliss-reactive ketones (excluding diaryl/α,β-unsaturated/α-hetero) is 1. The van der Waals surface area contributed by atoms with Gasteiger partial charge >= 0.3 is 6.09 Å². The van der Waals surface area contributed by atoms with E-state index in [0.717, 1.165) is 5.75 Å². The molecule has 5 heteroatoms. The van der Waals surface area contributed by atoms with Gasteiger partial charge in [-0.2, -0.15) is 0 Å². The van der Waals surface area contributed by atoms with Gasteiger partial charge in [-0.1, -0.05) is 0 Å². The molecular weight excluding hydrogens is 214 g/mol. The predicted molar refractivity (Wildman–Crippen MR) is 59.9 cm³/mol. The molecule has 1 saturated heterocycles. The van der Waals surface area contributed by atoms with Crippen LogP contribution in [0.1, 0.15) is 27.7 Å². The number of ketones is 1. The summed E-state index contributed by atoms with van der Waals surface area (Å²) in [4.78, 5) is 24.5. The third-order valence-electron chi connectivity index (χ3n) is 1.87. The Morgan fingerprint density at radius 2 is 2.00 bits per heavy atom. The van der Waals surface area contributed by atoms with Crippen molar-refractivity contribution in [2.45, 2.75) is 38.7 Å². The Bertz CT molecular complexity index is 272. The molecule has 1 heterocycles. The Morgan fingerprint density at radius 3 is 2.47 bits per heavy atom. The minimum atomic E-state index is -0.508. The molecule has 1 fully saturated rings. The van der Waals surface area contributed by atoms with Crippen LogP contribution in [-0.4, -0.2) is 40.0 Å². The van der Waals surface area contributed by atoms with Crippen molar-refractivity contribution in [1.29, 1.82) is 0 Å². The molecule has 1 aliphatic heterocycles. The second-order valence-corrected chi connectivity index (χ2v) is 5.70. The molecule has 0 spiro atoms. The highest BCUT2D eigenvalue weighted by Gasteiger charge is 2.35. The van der Waals surface area contributed by atoms with Crippen molar-refractivity contribution in [3.8, 4) is 0 Å². The molecular formula is C10H17NO3S. The minimum absolute atomic E-state index is 0.00311. The molecule has 1 atom stereocenters. The van der Waals surface area contributed by atoms with Crippen molar-refractivity contribution in [2.24, 2.45) is 0 Å². The van der Waals surface area contributed by atoms with Crippen LogP contribution in [0.3, 0.4) is 0 Å². The molecule has 0 aromatic carbocycles. The molecule has 86 valence electrons. The first-order valence-corrected chi connectivity index (χ1v) is 5.98. The topological polar surface area (TPSA) is 46.6 Å². The number of carbonyl (C=O) groups excluding carboxylic acids is 2. The maximum Gasteiger partial charge on any atom is 0.411 e. The minimum Gasteiger partial charge on any atom is -0.444 e. The van der Waals surface area contributed by atoms with Crippen LogP contribution in [0.15, 0.2) is 0 Å². The molecule has 0 bridgehead atoms. The van der Waals surface area contributed by atoms with Crippen LogP contribution in [0.5, 0.6) is 0 Å². The van der Waals surface area contributed by atoms with Crippen LogP contribution in [0.4, 0.5) is 4.79 Å². The first-order valence-electron chi connectivity index (χ1n) is 4.93. The van der Waals surface area contributed by atoms with E-state index in [1.807, 2.05) is 20.8 Å². The summed E-state index contributed by atoms with van der Waals surface area (Å²) in [6.45, 7) is 7.54. The molecule has 0 N–H and O–H groups in total. The molecule has 1 amide bonds. The lowest BCUT2D eigenvalue weighted by molar-refractivity contribution is -0.119. The van der Waals surface area contributed by atoms with Crippen molar-refractivity contribution < 1.29 is 14.3 Å².